The maximum absolute atomic E-state index is 6.14. The zero-order valence-corrected chi connectivity index (χ0v) is 11.3. The molecule has 0 bridgehead atoms. The zero-order chi connectivity index (χ0) is 11.9. The number of benzene rings is 1. The smallest absolute Gasteiger partial charge is 0.135 e. The second-order valence-corrected chi connectivity index (χ2v) is 5.42. The fourth-order valence-electron chi connectivity index (χ4n) is 1.84. The molecule has 0 aliphatic heterocycles. The quantitative estimate of drug-likeness (QED) is 0.898. The van der Waals surface area contributed by atoms with Crippen molar-refractivity contribution in [2.75, 3.05) is 0 Å². The Morgan fingerprint density at radius 3 is 2.62 bits per heavy atom. The van der Waals surface area contributed by atoms with E-state index in [-0.39, 0.29) is 6.04 Å². The first-order valence-electron chi connectivity index (χ1n) is 5.45. The molecule has 0 spiro atoms. The third-order valence-corrected chi connectivity index (χ3v) is 3.45. The Bertz CT molecular complexity index is 516. The van der Waals surface area contributed by atoms with Crippen molar-refractivity contribution in [1.82, 2.24) is 0 Å². The van der Waals surface area contributed by atoms with Crippen LogP contribution in [0.1, 0.15) is 31.2 Å². The first-order valence-corrected chi connectivity index (χ1v) is 6.24. The van der Waals surface area contributed by atoms with Crippen molar-refractivity contribution in [1.29, 1.82) is 0 Å². The van der Waals surface area contributed by atoms with E-state index in [1.807, 2.05) is 12.1 Å². The summed E-state index contributed by atoms with van der Waals surface area (Å²) in [6, 6.07) is 6.04. The summed E-state index contributed by atoms with van der Waals surface area (Å²) >= 11 is 3.44. The summed E-state index contributed by atoms with van der Waals surface area (Å²) in [7, 11) is 0. The molecule has 86 valence electrons. The van der Waals surface area contributed by atoms with Crippen LogP contribution in [0.2, 0.25) is 0 Å². The van der Waals surface area contributed by atoms with Crippen LogP contribution in [0, 0.1) is 12.8 Å². The van der Waals surface area contributed by atoms with Gasteiger partial charge in [-0.3, -0.25) is 0 Å². The monoisotopic (exact) mass is 281 g/mol. The first kappa shape index (κ1) is 11.7. The predicted molar refractivity (Wildman–Crippen MR) is 70.4 cm³/mol. The number of halogens is 1. The largest absolute Gasteiger partial charge is 0.459 e. The fraction of sp³-hybridized carbons (Fsp3) is 0.385. The Morgan fingerprint density at radius 2 is 2.00 bits per heavy atom. The van der Waals surface area contributed by atoms with Gasteiger partial charge in [-0.1, -0.05) is 29.8 Å². The lowest BCUT2D eigenvalue weighted by Gasteiger charge is -2.13. The van der Waals surface area contributed by atoms with Crippen LogP contribution in [-0.4, -0.2) is 0 Å². The zero-order valence-electron chi connectivity index (χ0n) is 9.75. The van der Waals surface area contributed by atoms with E-state index in [1.54, 1.807) is 0 Å². The lowest BCUT2D eigenvalue weighted by molar-refractivity contribution is 0.415. The van der Waals surface area contributed by atoms with Crippen molar-refractivity contribution in [2.45, 2.75) is 26.8 Å². The van der Waals surface area contributed by atoms with Gasteiger partial charge >= 0.3 is 0 Å². The average molecular weight is 282 g/mol. The van der Waals surface area contributed by atoms with Gasteiger partial charge < -0.3 is 10.2 Å². The second kappa shape index (κ2) is 4.22. The van der Waals surface area contributed by atoms with Crippen LogP contribution in [0.3, 0.4) is 0 Å². The van der Waals surface area contributed by atoms with E-state index in [9.17, 15) is 0 Å². The van der Waals surface area contributed by atoms with Gasteiger partial charge in [-0.05, 0) is 36.6 Å². The van der Waals surface area contributed by atoms with Crippen molar-refractivity contribution in [3.8, 4) is 0 Å². The van der Waals surface area contributed by atoms with E-state index >= 15 is 0 Å². The highest BCUT2D eigenvalue weighted by atomic mass is 79.9. The van der Waals surface area contributed by atoms with Crippen molar-refractivity contribution in [3.63, 3.8) is 0 Å². The van der Waals surface area contributed by atoms with E-state index in [1.165, 1.54) is 0 Å². The number of furan rings is 1. The molecule has 0 amide bonds. The minimum absolute atomic E-state index is 0.0359. The molecular weight excluding hydrogens is 266 g/mol. The van der Waals surface area contributed by atoms with Gasteiger partial charge in [0.15, 0.2) is 0 Å². The number of hydrogen-bond donors (Lipinski definition) is 1. The molecule has 0 fully saturated rings. The number of fused-ring (bicyclic) bond motifs is 1. The van der Waals surface area contributed by atoms with Crippen molar-refractivity contribution >= 4 is 26.9 Å². The van der Waals surface area contributed by atoms with Crippen molar-refractivity contribution in [3.05, 3.63) is 34.0 Å². The Kier molecular flexibility index (Phi) is 3.08. The normalized spacial score (nSPS) is 13.6. The van der Waals surface area contributed by atoms with Gasteiger partial charge in [0.1, 0.15) is 11.3 Å². The number of rotatable bonds is 2. The molecule has 2 aromatic rings. The highest BCUT2D eigenvalue weighted by molar-refractivity contribution is 9.10. The molecule has 2 N–H and O–H groups in total. The molecule has 1 atom stereocenters. The lowest BCUT2D eigenvalue weighted by atomic mass is 9.99. The van der Waals surface area contributed by atoms with Crippen LogP contribution < -0.4 is 5.73 Å². The summed E-state index contributed by atoms with van der Waals surface area (Å²) in [5.41, 5.74) is 8.19. The predicted octanol–water partition coefficient (Wildman–Crippen LogP) is 4.16. The Hall–Kier alpha value is -0.800. The molecule has 0 aliphatic rings. The number of hydrogen-bond acceptors (Lipinski definition) is 2. The minimum Gasteiger partial charge on any atom is -0.459 e. The standard InChI is InChI=1S/C13H16BrNO/c1-7(2)12(15)13-8(3)10-5-4-9(14)6-11(10)16-13/h4-7,12H,15H2,1-3H3. The number of nitrogens with two attached hydrogens (primary N) is 1. The van der Waals surface area contributed by atoms with Gasteiger partial charge in [0.25, 0.3) is 0 Å². The van der Waals surface area contributed by atoms with E-state index in [2.05, 4.69) is 42.8 Å². The minimum atomic E-state index is -0.0359. The SMILES string of the molecule is Cc1c(C(N)C(C)C)oc2cc(Br)ccc12. The van der Waals surface area contributed by atoms with Gasteiger partial charge in [0.05, 0.1) is 6.04 Å². The van der Waals surface area contributed by atoms with Crippen LogP contribution >= 0.6 is 15.9 Å². The molecule has 0 radical (unpaired) electrons. The molecule has 0 saturated carbocycles. The molecule has 1 unspecified atom stereocenters. The molecule has 2 rings (SSSR count). The third kappa shape index (κ3) is 1.89. The highest BCUT2D eigenvalue weighted by Crippen LogP contribution is 2.32. The van der Waals surface area contributed by atoms with Crippen LogP contribution in [0.4, 0.5) is 0 Å². The van der Waals surface area contributed by atoms with Crippen LogP contribution in [0.15, 0.2) is 27.1 Å². The van der Waals surface area contributed by atoms with Gasteiger partial charge in [0, 0.05) is 9.86 Å². The molecule has 0 aliphatic carbocycles. The summed E-state index contributed by atoms with van der Waals surface area (Å²) < 4.78 is 6.87. The van der Waals surface area contributed by atoms with E-state index < -0.39 is 0 Å². The summed E-state index contributed by atoms with van der Waals surface area (Å²) in [5.74, 6) is 1.28. The van der Waals surface area contributed by atoms with Crippen LogP contribution in [0.5, 0.6) is 0 Å². The van der Waals surface area contributed by atoms with Gasteiger partial charge in [-0.15, -0.1) is 0 Å². The molecule has 1 heterocycles. The van der Waals surface area contributed by atoms with E-state index in [0.29, 0.717) is 5.92 Å². The van der Waals surface area contributed by atoms with E-state index in [4.69, 9.17) is 10.2 Å². The van der Waals surface area contributed by atoms with Crippen LogP contribution in [-0.2, 0) is 0 Å². The average Bonchev–Trinajstić information content (AvgIpc) is 2.54. The Balaban J connectivity index is 2.60. The fourth-order valence-corrected chi connectivity index (χ4v) is 2.18. The maximum atomic E-state index is 6.14. The second-order valence-electron chi connectivity index (χ2n) is 4.50. The van der Waals surface area contributed by atoms with Gasteiger partial charge in [-0.25, -0.2) is 0 Å². The molecular formula is C13H16BrNO. The Morgan fingerprint density at radius 1 is 1.31 bits per heavy atom. The van der Waals surface area contributed by atoms with Gasteiger partial charge in [0.2, 0.25) is 0 Å². The summed E-state index contributed by atoms with van der Waals surface area (Å²) in [4.78, 5) is 0. The first-order chi connectivity index (χ1) is 7.50. The summed E-state index contributed by atoms with van der Waals surface area (Å²) in [6.45, 7) is 6.28. The Labute approximate surface area is 104 Å². The molecule has 2 nitrogen and oxygen atoms in total. The van der Waals surface area contributed by atoms with E-state index in [0.717, 1.165) is 26.8 Å². The van der Waals surface area contributed by atoms with Crippen molar-refractivity contribution in [2.24, 2.45) is 11.7 Å². The summed E-state index contributed by atoms with van der Waals surface area (Å²) in [5, 5.41) is 1.15. The molecule has 0 saturated heterocycles. The molecule has 1 aromatic heterocycles. The summed E-state index contributed by atoms with van der Waals surface area (Å²) in [6.07, 6.45) is 0. The third-order valence-electron chi connectivity index (χ3n) is 2.96. The van der Waals surface area contributed by atoms with Crippen LogP contribution in [0.25, 0.3) is 11.0 Å². The number of aryl methyl sites for hydroxylation is 1. The molecule has 16 heavy (non-hydrogen) atoms. The maximum Gasteiger partial charge on any atom is 0.135 e. The molecule has 1 aromatic carbocycles. The van der Waals surface area contributed by atoms with Crippen molar-refractivity contribution < 1.29 is 4.42 Å². The van der Waals surface area contributed by atoms with Gasteiger partial charge in [-0.2, -0.15) is 0 Å². The topological polar surface area (TPSA) is 39.2 Å². The molecule has 3 heteroatoms. The highest BCUT2D eigenvalue weighted by Gasteiger charge is 2.19. The lowest BCUT2D eigenvalue weighted by Crippen LogP contribution is -2.16.